The van der Waals surface area contributed by atoms with Crippen LogP contribution in [0.5, 0.6) is 0 Å². The molecule has 1 saturated carbocycles. The zero-order valence-electron chi connectivity index (χ0n) is 29.5. The average molecular weight is 699 g/mol. The molecule has 2 aliphatic rings. The van der Waals surface area contributed by atoms with Crippen LogP contribution in [-0.4, -0.2) is 82.4 Å². The van der Waals surface area contributed by atoms with Crippen LogP contribution in [0.2, 0.25) is 0 Å². The first-order chi connectivity index (χ1) is 23.8. The second-order valence-electron chi connectivity index (χ2n) is 13.0. The molecule has 0 bridgehead atoms. The molecule has 1 aromatic carbocycles. The fraction of sp³-hybridized carbons (Fsp3) is 0.806. The fourth-order valence-corrected chi connectivity index (χ4v) is 6.20. The molecular formula is C36H57F3N4O6. The summed E-state index contributed by atoms with van der Waals surface area (Å²) in [6, 6.07) is 7.89. The van der Waals surface area contributed by atoms with E-state index in [4.69, 9.17) is 34.0 Å². The minimum atomic E-state index is -4.88. The quantitative estimate of drug-likeness (QED) is 0.0297. The van der Waals surface area contributed by atoms with Crippen molar-refractivity contribution in [3.8, 4) is 0 Å². The monoisotopic (exact) mass is 698 g/mol. The molecule has 5 atom stereocenters. The van der Waals surface area contributed by atoms with Crippen LogP contribution in [0.15, 0.2) is 40.4 Å². The molecule has 0 N–H and O–H groups in total. The van der Waals surface area contributed by atoms with Crippen LogP contribution in [0.1, 0.15) is 97.8 Å². The van der Waals surface area contributed by atoms with Gasteiger partial charge in [-0.3, -0.25) is 0 Å². The molecular weight excluding hydrogens is 641 g/mol. The second-order valence-corrected chi connectivity index (χ2v) is 13.0. The predicted molar refractivity (Wildman–Crippen MR) is 183 cm³/mol. The van der Waals surface area contributed by atoms with Gasteiger partial charge in [0, 0.05) is 37.9 Å². The van der Waals surface area contributed by atoms with Crippen LogP contribution in [0, 0.1) is 11.8 Å². The van der Waals surface area contributed by atoms with E-state index in [0.29, 0.717) is 51.2 Å². The summed E-state index contributed by atoms with van der Waals surface area (Å²) in [5.74, 6) is -0.304. The SMILES string of the molecule is CCCCOC1[C@H](OC(=Nc2ccccc2)C(F)(F)F)OC(COCCC2CCC(CCN=[N+]=[N-])CC2)[C@@H](OCCCC)[C@@H]1OCCCC. The highest BCUT2D eigenvalue weighted by Crippen LogP contribution is 2.34. The van der Waals surface area contributed by atoms with Gasteiger partial charge in [-0.25, -0.2) is 4.99 Å². The first-order valence-corrected chi connectivity index (χ1v) is 18.3. The zero-order chi connectivity index (χ0) is 35.3. The van der Waals surface area contributed by atoms with Crippen molar-refractivity contribution >= 4 is 11.6 Å². The molecule has 1 aliphatic carbocycles. The van der Waals surface area contributed by atoms with E-state index in [-0.39, 0.29) is 12.3 Å². The maximum Gasteiger partial charge on any atom is 0.468 e. The highest BCUT2D eigenvalue weighted by atomic mass is 19.4. The lowest BCUT2D eigenvalue weighted by atomic mass is 9.79. The first kappa shape index (κ1) is 41.0. The number of aliphatic imine (C=N–C) groups is 1. The van der Waals surface area contributed by atoms with Gasteiger partial charge in [-0.15, -0.1) is 0 Å². The van der Waals surface area contributed by atoms with Gasteiger partial charge in [-0.2, -0.15) is 13.2 Å². The largest absolute Gasteiger partial charge is 0.468 e. The Bertz CT molecular complexity index is 1100. The number of para-hydroxylation sites is 1. The van der Waals surface area contributed by atoms with Crippen molar-refractivity contribution in [2.24, 2.45) is 21.9 Å². The molecule has 3 rings (SSSR count). The maximum atomic E-state index is 14.4. The van der Waals surface area contributed by atoms with E-state index in [1.165, 1.54) is 12.1 Å². The molecule has 13 heteroatoms. The molecule has 49 heavy (non-hydrogen) atoms. The summed E-state index contributed by atoms with van der Waals surface area (Å²) >= 11 is 0. The summed E-state index contributed by atoms with van der Waals surface area (Å²) in [7, 11) is 0. The Hall–Kier alpha value is -2.41. The summed E-state index contributed by atoms with van der Waals surface area (Å²) in [6.45, 7) is 8.38. The molecule has 10 nitrogen and oxygen atoms in total. The van der Waals surface area contributed by atoms with Gasteiger partial charge in [-0.1, -0.05) is 89.0 Å². The number of ether oxygens (including phenoxy) is 6. The van der Waals surface area contributed by atoms with Crippen LogP contribution in [0.4, 0.5) is 18.9 Å². The third-order valence-electron chi connectivity index (χ3n) is 9.09. The molecule has 0 aromatic heterocycles. The highest BCUT2D eigenvalue weighted by molar-refractivity contribution is 5.84. The van der Waals surface area contributed by atoms with E-state index in [2.05, 4.69) is 21.9 Å². The molecule has 2 unspecified atom stereocenters. The van der Waals surface area contributed by atoms with E-state index < -0.39 is 42.8 Å². The molecule has 0 spiro atoms. The van der Waals surface area contributed by atoms with Crippen molar-refractivity contribution < 1.29 is 41.6 Å². The third-order valence-corrected chi connectivity index (χ3v) is 9.09. The van der Waals surface area contributed by atoms with Gasteiger partial charge in [0.2, 0.25) is 6.29 Å². The summed E-state index contributed by atoms with van der Waals surface area (Å²) in [6.07, 6.45) is 1.61. The zero-order valence-corrected chi connectivity index (χ0v) is 29.5. The van der Waals surface area contributed by atoms with E-state index in [0.717, 1.165) is 70.6 Å². The van der Waals surface area contributed by atoms with Crippen LogP contribution in [-0.2, 0) is 28.4 Å². The topological polar surface area (TPSA) is 117 Å². The van der Waals surface area contributed by atoms with Crippen molar-refractivity contribution in [1.29, 1.82) is 0 Å². The molecule has 1 heterocycles. The Morgan fingerprint density at radius 3 is 1.96 bits per heavy atom. The van der Waals surface area contributed by atoms with Crippen molar-refractivity contribution in [2.45, 2.75) is 135 Å². The summed E-state index contributed by atoms with van der Waals surface area (Å²) in [4.78, 5) is 6.67. The molecule has 1 aromatic rings. The predicted octanol–water partition coefficient (Wildman–Crippen LogP) is 9.49. The van der Waals surface area contributed by atoms with Gasteiger partial charge in [0.05, 0.1) is 12.3 Å². The minimum Gasteiger partial charge on any atom is -0.441 e. The number of hydrogen-bond acceptors (Lipinski definition) is 8. The Morgan fingerprint density at radius 2 is 1.39 bits per heavy atom. The Kier molecular flexibility index (Phi) is 19.4. The molecule has 0 radical (unpaired) electrons. The number of benzene rings is 1. The fourth-order valence-electron chi connectivity index (χ4n) is 6.20. The summed E-state index contributed by atoms with van der Waals surface area (Å²) in [5, 5.41) is 3.67. The third kappa shape index (κ3) is 14.8. The second kappa shape index (κ2) is 23.1. The number of unbranched alkanes of at least 4 members (excludes halogenated alkanes) is 3. The van der Waals surface area contributed by atoms with Gasteiger partial charge >= 0.3 is 6.18 Å². The number of azide groups is 1. The molecule has 0 amide bonds. The number of alkyl halides is 3. The van der Waals surface area contributed by atoms with Gasteiger partial charge in [0.1, 0.15) is 24.4 Å². The summed E-state index contributed by atoms with van der Waals surface area (Å²) < 4.78 is 80.3. The Balaban J connectivity index is 1.80. The first-order valence-electron chi connectivity index (χ1n) is 18.3. The highest BCUT2D eigenvalue weighted by Gasteiger charge is 2.52. The summed E-state index contributed by atoms with van der Waals surface area (Å²) in [5.41, 5.74) is 8.65. The Labute approximate surface area is 290 Å². The standard InChI is InChI=1S/C36H57F3N4O6/c1-4-7-22-45-31-30(26-44-25-20-28-17-15-27(16-18-28)19-21-41-43-40)48-34(33(47-24-9-6-3)32(31)46-23-8-5-2)49-35(36(37,38)39)42-29-13-11-10-12-14-29/h10-14,27-28,30-34H,4-9,15-26H2,1-3H3/t27?,28?,30?,31-,32+,33?,34+/m1/s1. The van der Waals surface area contributed by atoms with Crippen molar-refractivity contribution in [3.05, 3.63) is 40.8 Å². The minimum absolute atomic E-state index is 0.102. The number of nitrogens with zero attached hydrogens (tertiary/aromatic N) is 4. The smallest absolute Gasteiger partial charge is 0.441 e. The molecule has 1 aliphatic heterocycles. The lowest BCUT2D eigenvalue weighted by Gasteiger charge is -2.45. The Morgan fingerprint density at radius 1 is 0.816 bits per heavy atom. The van der Waals surface area contributed by atoms with Gasteiger partial charge in [-0.05, 0) is 61.6 Å². The van der Waals surface area contributed by atoms with E-state index in [1.54, 1.807) is 18.2 Å². The molecule has 2 fully saturated rings. The average Bonchev–Trinajstić information content (AvgIpc) is 3.09. The lowest BCUT2D eigenvalue weighted by Crippen LogP contribution is -2.62. The maximum absolute atomic E-state index is 14.4. The molecule has 278 valence electrons. The normalized spacial score (nSPS) is 26.3. The number of rotatable bonds is 22. The van der Waals surface area contributed by atoms with E-state index in [1.807, 2.05) is 13.8 Å². The molecule has 1 saturated heterocycles. The van der Waals surface area contributed by atoms with Crippen LogP contribution >= 0.6 is 0 Å². The van der Waals surface area contributed by atoms with Crippen LogP contribution in [0.3, 0.4) is 0 Å². The van der Waals surface area contributed by atoms with Crippen molar-refractivity contribution in [2.75, 3.05) is 39.6 Å². The number of halogens is 3. The van der Waals surface area contributed by atoms with Crippen molar-refractivity contribution in [1.82, 2.24) is 0 Å². The van der Waals surface area contributed by atoms with Gasteiger partial charge in [0.25, 0.3) is 5.90 Å². The van der Waals surface area contributed by atoms with E-state index in [9.17, 15) is 13.2 Å². The number of hydrogen-bond donors (Lipinski definition) is 0. The van der Waals surface area contributed by atoms with Crippen LogP contribution < -0.4 is 0 Å². The van der Waals surface area contributed by atoms with Gasteiger partial charge < -0.3 is 28.4 Å². The van der Waals surface area contributed by atoms with Crippen LogP contribution in [0.25, 0.3) is 10.4 Å². The van der Waals surface area contributed by atoms with Gasteiger partial charge in [0.15, 0.2) is 0 Å². The lowest BCUT2D eigenvalue weighted by molar-refractivity contribution is -0.311. The van der Waals surface area contributed by atoms with E-state index >= 15 is 0 Å². The van der Waals surface area contributed by atoms with Crippen molar-refractivity contribution in [3.63, 3.8) is 0 Å².